The van der Waals surface area contributed by atoms with Gasteiger partial charge >= 0.3 is 0 Å². The number of benzene rings is 1. The molecule has 0 fully saturated rings. The molecule has 0 heterocycles. The van der Waals surface area contributed by atoms with Crippen LogP contribution in [0.3, 0.4) is 0 Å². The monoisotopic (exact) mass is 241 g/mol. The summed E-state index contributed by atoms with van der Waals surface area (Å²) in [6, 6.07) is 1.44. The molecule has 17 heavy (non-hydrogen) atoms. The SMILES string of the molecule is CC(c1cc([N+](=O)[O-])cc([N+](=O)[O-])c1)[N+](=O)[O-]. The minimum atomic E-state index is -1.24. The summed E-state index contributed by atoms with van der Waals surface area (Å²) in [5, 5.41) is 31.6. The third-order valence-electron chi connectivity index (χ3n) is 2.15. The van der Waals surface area contributed by atoms with E-state index in [9.17, 15) is 30.3 Å². The van der Waals surface area contributed by atoms with Crippen LogP contribution in [-0.2, 0) is 0 Å². The normalized spacial score (nSPS) is 11.8. The highest BCUT2D eigenvalue weighted by molar-refractivity contribution is 5.47. The summed E-state index contributed by atoms with van der Waals surface area (Å²) >= 11 is 0. The first kappa shape index (κ1) is 12.5. The van der Waals surface area contributed by atoms with Gasteiger partial charge in [0.05, 0.1) is 15.9 Å². The van der Waals surface area contributed by atoms with Gasteiger partial charge < -0.3 is 0 Å². The molecular formula is C8H7N3O6. The van der Waals surface area contributed by atoms with Gasteiger partial charge in [-0.2, -0.15) is 0 Å². The van der Waals surface area contributed by atoms with E-state index in [0.717, 1.165) is 18.2 Å². The predicted octanol–water partition coefficient (Wildman–Crippen LogP) is 1.84. The lowest BCUT2D eigenvalue weighted by molar-refractivity contribution is -0.524. The van der Waals surface area contributed by atoms with Crippen LogP contribution >= 0.6 is 0 Å². The second-order valence-electron chi connectivity index (χ2n) is 3.26. The molecule has 0 saturated heterocycles. The van der Waals surface area contributed by atoms with Crippen LogP contribution in [0, 0.1) is 30.3 Å². The van der Waals surface area contributed by atoms with Gasteiger partial charge in [0.2, 0.25) is 6.04 Å². The average Bonchev–Trinajstić information content (AvgIpc) is 2.27. The Morgan fingerprint density at radius 3 is 1.65 bits per heavy atom. The molecule has 0 N–H and O–H groups in total. The Morgan fingerprint density at radius 1 is 0.941 bits per heavy atom. The van der Waals surface area contributed by atoms with Crippen LogP contribution in [-0.4, -0.2) is 14.8 Å². The first-order valence-electron chi connectivity index (χ1n) is 4.40. The Hall–Kier alpha value is -2.58. The van der Waals surface area contributed by atoms with E-state index in [4.69, 9.17) is 0 Å². The standard InChI is InChI=1S/C8H7N3O6/c1-5(9(12)13)6-2-7(10(14)15)4-8(3-6)11(16)17/h2-5H,1H3. The fourth-order valence-electron chi connectivity index (χ4n) is 1.19. The van der Waals surface area contributed by atoms with Crippen molar-refractivity contribution in [2.45, 2.75) is 13.0 Å². The van der Waals surface area contributed by atoms with Crippen molar-refractivity contribution in [3.63, 3.8) is 0 Å². The summed E-state index contributed by atoms with van der Waals surface area (Å²) in [4.78, 5) is 29.3. The van der Waals surface area contributed by atoms with Crippen molar-refractivity contribution in [1.82, 2.24) is 0 Å². The number of non-ortho nitro benzene ring substituents is 2. The summed E-state index contributed by atoms with van der Waals surface area (Å²) in [5.74, 6) is 0. The van der Waals surface area contributed by atoms with Gasteiger partial charge in [-0.25, -0.2) is 0 Å². The van der Waals surface area contributed by atoms with Crippen LogP contribution < -0.4 is 0 Å². The fourth-order valence-corrected chi connectivity index (χ4v) is 1.19. The van der Waals surface area contributed by atoms with Crippen LogP contribution in [0.4, 0.5) is 11.4 Å². The molecule has 1 atom stereocenters. The second-order valence-corrected chi connectivity index (χ2v) is 3.26. The zero-order valence-electron chi connectivity index (χ0n) is 8.60. The first-order valence-corrected chi connectivity index (χ1v) is 4.40. The van der Waals surface area contributed by atoms with E-state index in [1.807, 2.05) is 0 Å². The Balaban J connectivity index is 3.36. The molecule has 1 aromatic rings. The van der Waals surface area contributed by atoms with Crippen molar-refractivity contribution in [2.75, 3.05) is 0 Å². The van der Waals surface area contributed by atoms with Crippen molar-refractivity contribution in [3.05, 3.63) is 54.1 Å². The van der Waals surface area contributed by atoms with Crippen molar-refractivity contribution in [3.8, 4) is 0 Å². The van der Waals surface area contributed by atoms with Crippen molar-refractivity contribution >= 4 is 11.4 Å². The maximum Gasteiger partial charge on any atom is 0.276 e. The molecule has 9 nitrogen and oxygen atoms in total. The highest BCUT2D eigenvalue weighted by atomic mass is 16.6. The quantitative estimate of drug-likeness (QED) is 0.583. The summed E-state index contributed by atoms with van der Waals surface area (Å²) in [5.41, 5.74) is -1.15. The van der Waals surface area contributed by atoms with Gasteiger partial charge in [0, 0.05) is 29.5 Å². The lowest BCUT2D eigenvalue weighted by Crippen LogP contribution is -2.07. The molecule has 0 aliphatic heterocycles. The molecule has 1 aromatic carbocycles. The Bertz CT molecular complexity index is 468. The highest BCUT2D eigenvalue weighted by Gasteiger charge is 2.24. The number of hydrogen-bond acceptors (Lipinski definition) is 6. The van der Waals surface area contributed by atoms with Gasteiger partial charge in [0.1, 0.15) is 0 Å². The summed E-state index contributed by atoms with van der Waals surface area (Å²) in [7, 11) is 0. The van der Waals surface area contributed by atoms with Gasteiger partial charge in [-0.3, -0.25) is 30.3 Å². The van der Waals surface area contributed by atoms with Gasteiger partial charge in [0.25, 0.3) is 11.4 Å². The van der Waals surface area contributed by atoms with Crippen LogP contribution in [0.25, 0.3) is 0 Å². The van der Waals surface area contributed by atoms with Gasteiger partial charge in [-0.1, -0.05) is 0 Å². The van der Waals surface area contributed by atoms with E-state index < -0.39 is 32.2 Å². The van der Waals surface area contributed by atoms with Gasteiger partial charge in [-0.15, -0.1) is 0 Å². The van der Waals surface area contributed by atoms with E-state index in [-0.39, 0.29) is 5.56 Å². The van der Waals surface area contributed by atoms with E-state index in [0.29, 0.717) is 0 Å². The van der Waals surface area contributed by atoms with E-state index in [2.05, 4.69) is 0 Å². The number of nitrogens with zero attached hydrogens (tertiary/aromatic N) is 3. The molecule has 9 heteroatoms. The Kier molecular flexibility index (Phi) is 3.31. The number of hydrogen-bond donors (Lipinski definition) is 0. The third-order valence-corrected chi connectivity index (χ3v) is 2.15. The van der Waals surface area contributed by atoms with E-state index >= 15 is 0 Å². The number of nitro groups is 3. The molecule has 0 spiro atoms. The number of nitro benzene ring substituents is 2. The predicted molar refractivity (Wildman–Crippen MR) is 55.2 cm³/mol. The molecule has 1 unspecified atom stereocenters. The smallest absolute Gasteiger partial charge is 0.264 e. The lowest BCUT2D eigenvalue weighted by atomic mass is 10.1. The molecule has 0 aliphatic carbocycles. The molecule has 1 rings (SSSR count). The van der Waals surface area contributed by atoms with Crippen LogP contribution in [0.2, 0.25) is 0 Å². The third kappa shape index (κ3) is 2.71. The summed E-state index contributed by atoms with van der Waals surface area (Å²) < 4.78 is 0. The molecule has 0 radical (unpaired) electrons. The maximum atomic E-state index is 10.5. The van der Waals surface area contributed by atoms with Crippen LogP contribution in [0.15, 0.2) is 18.2 Å². The van der Waals surface area contributed by atoms with Crippen LogP contribution in [0.5, 0.6) is 0 Å². The Morgan fingerprint density at radius 2 is 1.35 bits per heavy atom. The maximum absolute atomic E-state index is 10.5. The minimum Gasteiger partial charge on any atom is -0.264 e. The highest BCUT2D eigenvalue weighted by Crippen LogP contribution is 2.27. The zero-order chi connectivity index (χ0) is 13.2. The average molecular weight is 241 g/mol. The molecule has 0 amide bonds. The zero-order valence-corrected chi connectivity index (χ0v) is 8.60. The minimum absolute atomic E-state index is 0.0732. The topological polar surface area (TPSA) is 129 Å². The number of rotatable bonds is 4. The molecule has 0 aromatic heterocycles. The fraction of sp³-hybridized carbons (Fsp3) is 0.250. The van der Waals surface area contributed by atoms with Gasteiger partial charge in [0.15, 0.2) is 0 Å². The molecule has 0 saturated carbocycles. The Labute approximate surface area is 94.1 Å². The van der Waals surface area contributed by atoms with Crippen LogP contribution in [0.1, 0.15) is 18.5 Å². The van der Waals surface area contributed by atoms with Gasteiger partial charge in [-0.05, 0) is 0 Å². The van der Waals surface area contributed by atoms with Crippen molar-refractivity contribution in [1.29, 1.82) is 0 Å². The molecule has 0 bridgehead atoms. The summed E-state index contributed by atoms with van der Waals surface area (Å²) in [6.07, 6.45) is 0. The molecule has 90 valence electrons. The largest absolute Gasteiger partial charge is 0.276 e. The first-order chi connectivity index (χ1) is 7.82. The lowest BCUT2D eigenvalue weighted by Gasteiger charge is -2.03. The second kappa shape index (κ2) is 4.51. The molecule has 0 aliphatic rings. The van der Waals surface area contributed by atoms with E-state index in [1.165, 1.54) is 6.92 Å². The molecular weight excluding hydrogens is 234 g/mol. The van der Waals surface area contributed by atoms with Crippen molar-refractivity contribution < 1.29 is 14.8 Å². The van der Waals surface area contributed by atoms with Crippen molar-refractivity contribution in [2.24, 2.45) is 0 Å². The van der Waals surface area contributed by atoms with E-state index in [1.54, 1.807) is 0 Å². The summed E-state index contributed by atoms with van der Waals surface area (Å²) in [6.45, 7) is 1.20.